The summed E-state index contributed by atoms with van der Waals surface area (Å²) in [6.45, 7) is 9.10. The number of fused-ring (bicyclic) bond motifs is 1. The highest BCUT2D eigenvalue weighted by Crippen LogP contribution is 2.25. The van der Waals surface area contributed by atoms with E-state index in [1.807, 2.05) is 34.1 Å². The summed E-state index contributed by atoms with van der Waals surface area (Å²) in [4.78, 5) is 36.4. The lowest BCUT2D eigenvalue weighted by Crippen LogP contribution is -2.56. The maximum Gasteiger partial charge on any atom is 0.290 e. The lowest BCUT2D eigenvalue weighted by atomic mass is 9.92. The summed E-state index contributed by atoms with van der Waals surface area (Å²) in [5, 5.41) is 3.47. The van der Waals surface area contributed by atoms with E-state index in [0.717, 1.165) is 49.8 Å². The molecule has 2 fully saturated rings. The van der Waals surface area contributed by atoms with Crippen LogP contribution in [0.5, 0.6) is 0 Å². The molecule has 1 N–H and O–H groups in total. The molecule has 2 saturated heterocycles. The van der Waals surface area contributed by atoms with Crippen molar-refractivity contribution in [2.75, 3.05) is 53.6 Å². The van der Waals surface area contributed by atoms with Crippen molar-refractivity contribution < 1.29 is 19.1 Å². The van der Waals surface area contributed by atoms with Gasteiger partial charge in [0, 0.05) is 66.1 Å². The van der Waals surface area contributed by atoms with E-state index in [2.05, 4.69) is 23.7 Å². The van der Waals surface area contributed by atoms with E-state index in [1.165, 1.54) is 0 Å². The number of ether oxygens (including phenoxy) is 2. The fourth-order valence-corrected chi connectivity index (χ4v) is 5.82. The Kier molecular flexibility index (Phi) is 10.2. The Morgan fingerprint density at radius 2 is 1.89 bits per heavy atom. The average Bonchev–Trinajstić information content (AvgIpc) is 3.32. The lowest BCUT2D eigenvalue weighted by molar-refractivity contribution is -0.139. The molecule has 0 aliphatic carbocycles. The molecule has 2 atom stereocenters. The SMILES string of the molecule is COCCCCn1c(C(=O)N(CC(C)C)[C@@H]2CNC[C@H](C(=O)N3CCC(OC)CC3)C2)nc2ccccc21. The first-order valence-electron chi connectivity index (χ1n) is 14.2. The van der Waals surface area contributed by atoms with Crippen molar-refractivity contribution in [3.05, 3.63) is 30.1 Å². The molecule has 1 aromatic heterocycles. The first kappa shape index (κ1) is 28.5. The fraction of sp³-hybridized carbons (Fsp3) is 0.690. The van der Waals surface area contributed by atoms with Crippen LogP contribution in [0, 0.1) is 11.8 Å². The minimum Gasteiger partial charge on any atom is -0.385 e. The quantitative estimate of drug-likeness (QED) is 0.452. The summed E-state index contributed by atoms with van der Waals surface area (Å²) in [6.07, 6.45) is 4.49. The number of rotatable bonds is 11. The van der Waals surface area contributed by atoms with Gasteiger partial charge in [0.15, 0.2) is 5.82 Å². The number of aryl methyl sites for hydroxylation is 1. The van der Waals surface area contributed by atoms with Gasteiger partial charge in [-0.05, 0) is 50.2 Å². The van der Waals surface area contributed by atoms with Crippen molar-refractivity contribution >= 4 is 22.8 Å². The molecule has 0 spiro atoms. The fourth-order valence-electron chi connectivity index (χ4n) is 5.82. The number of imidazole rings is 1. The molecule has 210 valence electrons. The minimum absolute atomic E-state index is 0.0533. The van der Waals surface area contributed by atoms with Crippen LogP contribution in [-0.4, -0.2) is 96.9 Å². The Bertz CT molecular complexity index is 1060. The first-order chi connectivity index (χ1) is 18.4. The highest BCUT2D eigenvalue weighted by atomic mass is 16.5. The zero-order chi connectivity index (χ0) is 27.1. The number of methoxy groups -OCH3 is 2. The van der Waals surface area contributed by atoms with Gasteiger partial charge in [-0.3, -0.25) is 9.59 Å². The van der Waals surface area contributed by atoms with E-state index in [1.54, 1.807) is 14.2 Å². The highest BCUT2D eigenvalue weighted by molar-refractivity contribution is 5.95. The molecule has 3 heterocycles. The second kappa shape index (κ2) is 13.5. The molecule has 0 saturated carbocycles. The van der Waals surface area contributed by atoms with Crippen LogP contribution in [-0.2, 0) is 20.8 Å². The van der Waals surface area contributed by atoms with Crippen molar-refractivity contribution in [3.8, 4) is 0 Å². The first-order valence-corrected chi connectivity index (χ1v) is 14.2. The predicted molar refractivity (Wildman–Crippen MR) is 148 cm³/mol. The number of piperidine rings is 2. The zero-order valence-corrected chi connectivity index (χ0v) is 23.5. The minimum atomic E-state index is -0.136. The van der Waals surface area contributed by atoms with Gasteiger partial charge in [-0.2, -0.15) is 0 Å². The van der Waals surface area contributed by atoms with Crippen LogP contribution in [0.2, 0.25) is 0 Å². The van der Waals surface area contributed by atoms with E-state index in [4.69, 9.17) is 14.5 Å². The number of carbonyl (C=O) groups excluding carboxylic acids is 2. The van der Waals surface area contributed by atoms with Crippen molar-refractivity contribution in [3.63, 3.8) is 0 Å². The van der Waals surface area contributed by atoms with E-state index in [0.29, 0.717) is 50.9 Å². The van der Waals surface area contributed by atoms with Gasteiger partial charge in [0.25, 0.3) is 5.91 Å². The number of nitrogens with one attached hydrogen (secondary N) is 1. The number of carbonyl (C=O) groups is 2. The number of hydrogen-bond donors (Lipinski definition) is 1. The number of unbranched alkanes of at least 4 members (excludes halogenated alkanes) is 1. The lowest BCUT2D eigenvalue weighted by Gasteiger charge is -2.40. The van der Waals surface area contributed by atoms with E-state index in [9.17, 15) is 9.59 Å². The van der Waals surface area contributed by atoms with E-state index < -0.39 is 0 Å². The summed E-state index contributed by atoms with van der Waals surface area (Å²) in [7, 11) is 3.45. The standard InChI is InChI=1S/C29H45N5O4/c1-21(2)20-34(23-17-22(18-30-19-23)28(35)32-14-11-24(38-4)12-15-32)29(36)27-31-25-9-5-6-10-26(25)33(27)13-7-8-16-37-3/h5-6,9-10,21-24,30H,7-8,11-20H2,1-4H3/t22-,23+/m1/s1. The van der Waals surface area contributed by atoms with Gasteiger partial charge < -0.3 is 29.2 Å². The van der Waals surface area contributed by atoms with Crippen molar-refractivity contribution in [1.82, 2.24) is 24.7 Å². The third-order valence-corrected chi connectivity index (χ3v) is 7.85. The molecule has 0 unspecified atom stereocenters. The normalized spacial score (nSPS) is 20.8. The molecule has 9 heteroatoms. The number of amides is 2. The Morgan fingerprint density at radius 1 is 1.13 bits per heavy atom. The second-order valence-corrected chi connectivity index (χ2v) is 11.1. The molecular weight excluding hydrogens is 482 g/mol. The number of para-hydroxylation sites is 2. The molecule has 2 aromatic rings. The summed E-state index contributed by atoms with van der Waals surface area (Å²) in [6, 6.07) is 7.89. The van der Waals surface area contributed by atoms with Gasteiger partial charge in [0.05, 0.1) is 23.1 Å². The number of hydrogen-bond acceptors (Lipinski definition) is 6. The summed E-state index contributed by atoms with van der Waals surface area (Å²) in [5.41, 5.74) is 1.81. The van der Waals surface area contributed by atoms with Crippen LogP contribution >= 0.6 is 0 Å². The van der Waals surface area contributed by atoms with Gasteiger partial charge >= 0.3 is 0 Å². The number of benzene rings is 1. The topological polar surface area (TPSA) is 88.9 Å². The van der Waals surface area contributed by atoms with Crippen molar-refractivity contribution in [2.24, 2.45) is 11.8 Å². The van der Waals surface area contributed by atoms with Crippen LogP contribution in [0.3, 0.4) is 0 Å². The van der Waals surface area contributed by atoms with Gasteiger partial charge in [0.1, 0.15) is 0 Å². The molecule has 2 aliphatic rings. The van der Waals surface area contributed by atoms with E-state index >= 15 is 0 Å². The summed E-state index contributed by atoms with van der Waals surface area (Å²) >= 11 is 0. The third kappa shape index (κ3) is 6.74. The maximum absolute atomic E-state index is 14.2. The van der Waals surface area contributed by atoms with Crippen LogP contribution in [0.1, 0.15) is 56.6 Å². The molecule has 38 heavy (non-hydrogen) atoms. The summed E-state index contributed by atoms with van der Waals surface area (Å²) < 4.78 is 12.8. The summed E-state index contributed by atoms with van der Waals surface area (Å²) in [5.74, 6) is 0.784. The Balaban J connectivity index is 1.53. The number of nitrogens with zero attached hydrogens (tertiary/aromatic N) is 4. The number of aromatic nitrogens is 2. The Labute approximate surface area is 226 Å². The highest BCUT2D eigenvalue weighted by Gasteiger charge is 2.37. The molecule has 9 nitrogen and oxygen atoms in total. The third-order valence-electron chi connectivity index (χ3n) is 7.85. The van der Waals surface area contributed by atoms with Crippen molar-refractivity contribution in [1.29, 1.82) is 0 Å². The Morgan fingerprint density at radius 3 is 2.61 bits per heavy atom. The molecule has 1 aromatic carbocycles. The Hall–Kier alpha value is -2.49. The van der Waals surface area contributed by atoms with Crippen LogP contribution in [0.15, 0.2) is 24.3 Å². The van der Waals surface area contributed by atoms with Gasteiger partial charge in [-0.1, -0.05) is 26.0 Å². The monoisotopic (exact) mass is 527 g/mol. The molecular formula is C29H45N5O4. The smallest absolute Gasteiger partial charge is 0.290 e. The molecule has 0 bridgehead atoms. The van der Waals surface area contributed by atoms with E-state index in [-0.39, 0.29) is 29.9 Å². The van der Waals surface area contributed by atoms with Crippen molar-refractivity contribution in [2.45, 2.75) is 64.6 Å². The predicted octanol–water partition coefficient (Wildman–Crippen LogP) is 3.18. The average molecular weight is 528 g/mol. The van der Waals surface area contributed by atoms with Gasteiger partial charge in [-0.15, -0.1) is 0 Å². The molecule has 4 rings (SSSR count). The van der Waals surface area contributed by atoms with Crippen LogP contribution in [0.4, 0.5) is 0 Å². The second-order valence-electron chi connectivity index (χ2n) is 11.1. The maximum atomic E-state index is 14.2. The molecule has 0 radical (unpaired) electrons. The van der Waals surface area contributed by atoms with Crippen LogP contribution < -0.4 is 5.32 Å². The molecule has 2 aliphatic heterocycles. The molecule has 2 amide bonds. The largest absolute Gasteiger partial charge is 0.385 e. The number of likely N-dealkylation sites (tertiary alicyclic amines) is 1. The van der Waals surface area contributed by atoms with Gasteiger partial charge in [0.2, 0.25) is 5.91 Å². The van der Waals surface area contributed by atoms with Gasteiger partial charge in [-0.25, -0.2) is 4.98 Å². The zero-order valence-electron chi connectivity index (χ0n) is 23.5. The van der Waals surface area contributed by atoms with Crippen LogP contribution in [0.25, 0.3) is 11.0 Å².